The molecule has 0 aliphatic carbocycles. The van der Waals surface area contributed by atoms with Crippen molar-refractivity contribution in [3.8, 4) is 0 Å². The Balaban J connectivity index is 2.02. The van der Waals surface area contributed by atoms with Gasteiger partial charge in [-0.2, -0.15) is 0 Å². The lowest BCUT2D eigenvalue weighted by atomic mass is 10.2. The molecule has 0 saturated carbocycles. The number of hydrogen-bond acceptors (Lipinski definition) is 3. The summed E-state index contributed by atoms with van der Waals surface area (Å²) in [6, 6.07) is 6.86. The summed E-state index contributed by atoms with van der Waals surface area (Å²) in [6.45, 7) is 2.04. The average Bonchev–Trinajstić information content (AvgIpc) is 2.87. The molecule has 0 radical (unpaired) electrons. The van der Waals surface area contributed by atoms with Crippen LogP contribution in [0.2, 0.25) is 10.0 Å². The Morgan fingerprint density at radius 1 is 1.22 bits per heavy atom. The molecular formula is C16H14Cl2N4O. The fourth-order valence-electron chi connectivity index (χ4n) is 2.34. The minimum atomic E-state index is -0.280. The summed E-state index contributed by atoms with van der Waals surface area (Å²) >= 11 is 11.9. The molecule has 0 aromatic carbocycles. The summed E-state index contributed by atoms with van der Waals surface area (Å²) in [5.41, 5.74) is 1.90. The average molecular weight is 349 g/mol. The van der Waals surface area contributed by atoms with Crippen molar-refractivity contribution in [1.82, 2.24) is 14.4 Å². The molecular weight excluding hydrogens is 335 g/mol. The van der Waals surface area contributed by atoms with Crippen LogP contribution in [-0.4, -0.2) is 20.3 Å². The molecule has 3 rings (SSSR count). The van der Waals surface area contributed by atoms with E-state index in [0.717, 1.165) is 12.1 Å². The third-order valence-electron chi connectivity index (χ3n) is 3.33. The Hall–Kier alpha value is -2.11. The number of rotatable bonds is 4. The van der Waals surface area contributed by atoms with Crippen molar-refractivity contribution in [1.29, 1.82) is 0 Å². The van der Waals surface area contributed by atoms with Gasteiger partial charge in [0.1, 0.15) is 17.2 Å². The molecule has 5 nitrogen and oxygen atoms in total. The van der Waals surface area contributed by atoms with E-state index in [2.05, 4.69) is 15.3 Å². The van der Waals surface area contributed by atoms with Crippen molar-refractivity contribution in [2.75, 3.05) is 5.32 Å². The molecule has 0 atom stereocenters. The van der Waals surface area contributed by atoms with Gasteiger partial charge in [0.2, 0.25) is 0 Å². The van der Waals surface area contributed by atoms with Crippen LogP contribution in [0.4, 0.5) is 5.82 Å². The number of hydrogen-bond donors (Lipinski definition) is 1. The standard InChI is InChI=1S/C16H14Cl2N4O/c1-2-3-12-15(22-9-11(18)5-7-14(22)20-12)16(23)21-13-6-4-10(17)8-19-13/h4-9H,2-3H2,1H3,(H,19,21,23). The minimum absolute atomic E-state index is 0.280. The van der Waals surface area contributed by atoms with Gasteiger partial charge >= 0.3 is 0 Å². The highest BCUT2D eigenvalue weighted by molar-refractivity contribution is 6.30. The summed E-state index contributed by atoms with van der Waals surface area (Å²) < 4.78 is 1.71. The van der Waals surface area contributed by atoms with Crippen LogP contribution in [0, 0.1) is 0 Å². The second-order valence-electron chi connectivity index (χ2n) is 5.05. The number of carbonyl (C=O) groups excluding carboxylic acids is 1. The maximum absolute atomic E-state index is 12.7. The van der Waals surface area contributed by atoms with Gasteiger partial charge in [0.15, 0.2) is 0 Å². The van der Waals surface area contributed by atoms with Gasteiger partial charge < -0.3 is 5.32 Å². The van der Waals surface area contributed by atoms with E-state index in [1.807, 2.05) is 6.92 Å². The fraction of sp³-hybridized carbons (Fsp3) is 0.188. The van der Waals surface area contributed by atoms with E-state index < -0.39 is 0 Å². The Morgan fingerprint density at radius 2 is 2.00 bits per heavy atom. The summed E-state index contributed by atoms with van der Waals surface area (Å²) in [4.78, 5) is 21.3. The highest BCUT2D eigenvalue weighted by atomic mass is 35.5. The van der Waals surface area contributed by atoms with Crippen molar-refractivity contribution in [2.45, 2.75) is 19.8 Å². The lowest BCUT2D eigenvalue weighted by Gasteiger charge is -2.06. The van der Waals surface area contributed by atoms with Gasteiger partial charge in [-0.05, 0) is 30.7 Å². The van der Waals surface area contributed by atoms with E-state index in [1.54, 1.807) is 34.9 Å². The van der Waals surface area contributed by atoms with Crippen LogP contribution in [0.25, 0.3) is 5.65 Å². The number of nitrogens with zero attached hydrogens (tertiary/aromatic N) is 3. The lowest BCUT2D eigenvalue weighted by Crippen LogP contribution is -2.17. The number of amides is 1. The van der Waals surface area contributed by atoms with Gasteiger partial charge in [-0.1, -0.05) is 36.5 Å². The molecule has 0 saturated heterocycles. The second-order valence-corrected chi connectivity index (χ2v) is 5.92. The number of imidazole rings is 1. The highest BCUT2D eigenvalue weighted by Crippen LogP contribution is 2.19. The molecule has 3 aromatic rings. The third kappa shape index (κ3) is 3.30. The lowest BCUT2D eigenvalue weighted by molar-refractivity contribution is 0.102. The quantitative estimate of drug-likeness (QED) is 0.766. The van der Waals surface area contributed by atoms with Crippen molar-refractivity contribution < 1.29 is 4.79 Å². The predicted octanol–water partition coefficient (Wildman–Crippen LogP) is 4.24. The molecule has 118 valence electrons. The first kappa shape index (κ1) is 15.8. The van der Waals surface area contributed by atoms with Crippen molar-refractivity contribution in [3.05, 3.63) is 58.1 Å². The molecule has 0 fully saturated rings. The highest BCUT2D eigenvalue weighted by Gasteiger charge is 2.19. The number of halogens is 2. The third-order valence-corrected chi connectivity index (χ3v) is 3.77. The number of anilines is 1. The fourth-order valence-corrected chi connectivity index (χ4v) is 2.62. The monoisotopic (exact) mass is 348 g/mol. The van der Waals surface area contributed by atoms with Crippen LogP contribution in [0.15, 0.2) is 36.7 Å². The topological polar surface area (TPSA) is 59.3 Å². The molecule has 23 heavy (non-hydrogen) atoms. The summed E-state index contributed by atoms with van der Waals surface area (Å²) in [6.07, 6.45) is 4.76. The first-order chi connectivity index (χ1) is 11.1. The van der Waals surface area contributed by atoms with Gasteiger partial charge in [0.25, 0.3) is 5.91 Å². The Labute approximate surface area is 143 Å². The number of pyridine rings is 2. The van der Waals surface area contributed by atoms with E-state index >= 15 is 0 Å². The van der Waals surface area contributed by atoms with E-state index in [1.165, 1.54) is 6.20 Å². The zero-order valence-electron chi connectivity index (χ0n) is 12.4. The van der Waals surface area contributed by atoms with Crippen LogP contribution in [-0.2, 0) is 6.42 Å². The molecule has 3 aromatic heterocycles. The Bertz CT molecular complexity index is 858. The maximum Gasteiger partial charge on any atom is 0.275 e. The molecule has 3 heterocycles. The van der Waals surface area contributed by atoms with E-state index in [0.29, 0.717) is 33.6 Å². The summed E-state index contributed by atoms with van der Waals surface area (Å²) in [7, 11) is 0. The first-order valence-corrected chi connectivity index (χ1v) is 7.93. The van der Waals surface area contributed by atoms with Crippen LogP contribution >= 0.6 is 23.2 Å². The summed E-state index contributed by atoms with van der Waals surface area (Å²) in [5, 5.41) is 3.82. The zero-order valence-corrected chi connectivity index (χ0v) is 13.9. The normalized spacial score (nSPS) is 10.9. The molecule has 0 unspecified atom stereocenters. The Morgan fingerprint density at radius 3 is 2.70 bits per heavy atom. The molecule has 1 N–H and O–H groups in total. The molecule has 0 spiro atoms. The van der Waals surface area contributed by atoms with E-state index in [9.17, 15) is 4.79 Å². The molecule has 0 aliphatic rings. The number of aromatic nitrogens is 3. The van der Waals surface area contributed by atoms with Crippen LogP contribution < -0.4 is 5.32 Å². The van der Waals surface area contributed by atoms with Gasteiger partial charge in [-0.25, -0.2) is 9.97 Å². The van der Waals surface area contributed by atoms with Gasteiger partial charge in [-0.3, -0.25) is 9.20 Å². The van der Waals surface area contributed by atoms with Crippen molar-refractivity contribution >= 4 is 40.6 Å². The van der Waals surface area contributed by atoms with Gasteiger partial charge in [-0.15, -0.1) is 0 Å². The van der Waals surface area contributed by atoms with Crippen LogP contribution in [0.3, 0.4) is 0 Å². The number of carbonyl (C=O) groups is 1. The second kappa shape index (κ2) is 6.56. The van der Waals surface area contributed by atoms with Gasteiger partial charge in [0, 0.05) is 12.4 Å². The van der Waals surface area contributed by atoms with E-state index in [4.69, 9.17) is 23.2 Å². The number of fused-ring (bicyclic) bond motifs is 1. The van der Waals surface area contributed by atoms with Crippen LogP contribution in [0.1, 0.15) is 29.5 Å². The van der Waals surface area contributed by atoms with Crippen molar-refractivity contribution in [3.63, 3.8) is 0 Å². The summed E-state index contributed by atoms with van der Waals surface area (Å²) in [5.74, 6) is 0.150. The molecule has 0 bridgehead atoms. The minimum Gasteiger partial charge on any atom is -0.305 e. The Kier molecular flexibility index (Phi) is 4.50. The van der Waals surface area contributed by atoms with E-state index in [-0.39, 0.29) is 5.91 Å². The maximum atomic E-state index is 12.7. The number of aryl methyl sites for hydroxylation is 1. The number of nitrogens with one attached hydrogen (secondary N) is 1. The van der Waals surface area contributed by atoms with Crippen molar-refractivity contribution in [2.24, 2.45) is 0 Å². The van der Waals surface area contributed by atoms with Gasteiger partial charge in [0.05, 0.1) is 15.7 Å². The zero-order chi connectivity index (χ0) is 16.4. The smallest absolute Gasteiger partial charge is 0.275 e. The predicted molar refractivity (Wildman–Crippen MR) is 91.4 cm³/mol. The molecule has 0 aliphatic heterocycles. The largest absolute Gasteiger partial charge is 0.305 e. The van der Waals surface area contributed by atoms with Crippen LogP contribution in [0.5, 0.6) is 0 Å². The molecule has 1 amide bonds. The molecule has 7 heteroatoms. The SMILES string of the molecule is CCCc1nc2ccc(Cl)cn2c1C(=O)Nc1ccc(Cl)cn1. The first-order valence-electron chi connectivity index (χ1n) is 7.18.